The van der Waals surface area contributed by atoms with Gasteiger partial charge in [-0.3, -0.25) is 14.6 Å². The zero-order chi connectivity index (χ0) is 19.8. The molecule has 1 aliphatic heterocycles. The van der Waals surface area contributed by atoms with Crippen LogP contribution in [0, 0.1) is 0 Å². The van der Waals surface area contributed by atoms with Gasteiger partial charge in [-0.15, -0.1) is 0 Å². The molecule has 3 rings (SSSR count). The SMILES string of the molecule is CC(CN1CCOCC1)N(CC(=O)Nc1ccccc1Br)Cc1ccccc1. The molecule has 0 aliphatic carbocycles. The van der Waals surface area contributed by atoms with Gasteiger partial charge in [-0.05, 0) is 40.5 Å². The fourth-order valence-electron chi connectivity index (χ4n) is 3.40. The number of nitrogens with zero attached hydrogens (tertiary/aromatic N) is 2. The highest BCUT2D eigenvalue weighted by molar-refractivity contribution is 9.10. The van der Waals surface area contributed by atoms with Gasteiger partial charge in [-0.25, -0.2) is 0 Å². The van der Waals surface area contributed by atoms with E-state index in [0.717, 1.165) is 49.6 Å². The third-order valence-corrected chi connectivity index (χ3v) is 5.66. The number of para-hydroxylation sites is 1. The van der Waals surface area contributed by atoms with Crippen LogP contribution >= 0.6 is 15.9 Å². The van der Waals surface area contributed by atoms with Crippen molar-refractivity contribution in [2.45, 2.75) is 19.5 Å². The van der Waals surface area contributed by atoms with Gasteiger partial charge in [0.15, 0.2) is 0 Å². The Morgan fingerprint density at radius 2 is 1.82 bits per heavy atom. The molecule has 28 heavy (non-hydrogen) atoms. The molecule has 1 aliphatic rings. The number of carbonyl (C=O) groups excluding carboxylic acids is 1. The highest BCUT2D eigenvalue weighted by atomic mass is 79.9. The van der Waals surface area contributed by atoms with Crippen LogP contribution in [-0.2, 0) is 16.1 Å². The zero-order valence-electron chi connectivity index (χ0n) is 16.3. The number of morpholine rings is 1. The van der Waals surface area contributed by atoms with Crippen LogP contribution in [-0.4, -0.2) is 61.1 Å². The molecule has 5 nitrogen and oxygen atoms in total. The minimum absolute atomic E-state index is 0.00309. The van der Waals surface area contributed by atoms with E-state index < -0.39 is 0 Å². The number of amides is 1. The maximum atomic E-state index is 12.8. The lowest BCUT2D eigenvalue weighted by Crippen LogP contribution is -2.47. The molecule has 1 fully saturated rings. The van der Waals surface area contributed by atoms with Gasteiger partial charge in [0.2, 0.25) is 5.91 Å². The Morgan fingerprint density at radius 3 is 2.54 bits per heavy atom. The molecule has 1 N–H and O–H groups in total. The van der Waals surface area contributed by atoms with Gasteiger partial charge in [0.05, 0.1) is 25.4 Å². The maximum absolute atomic E-state index is 12.8. The molecule has 1 atom stereocenters. The van der Waals surface area contributed by atoms with Gasteiger partial charge in [-0.2, -0.15) is 0 Å². The Bertz CT molecular complexity index is 750. The first-order valence-electron chi connectivity index (χ1n) is 9.74. The second-order valence-electron chi connectivity index (χ2n) is 7.18. The number of ether oxygens (including phenoxy) is 1. The summed E-state index contributed by atoms with van der Waals surface area (Å²) in [5.74, 6) is -0.00309. The average molecular weight is 446 g/mol. The number of anilines is 1. The van der Waals surface area contributed by atoms with Crippen LogP contribution in [0.4, 0.5) is 5.69 Å². The van der Waals surface area contributed by atoms with Crippen molar-refractivity contribution >= 4 is 27.5 Å². The first-order valence-corrected chi connectivity index (χ1v) is 10.5. The van der Waals surface area contributed by atoms with Crippen LogP contribution in [0.3, 0.4) is 0 Å². The second kappa shape index (κ2) is 10.7. The maximum Gasteiger partial charge on any atom is 0.238 e. The molecule has 1 unspecified atom stereocenters. The summed E-state index contributed by atoms with van der Waals surface area (Å²) in [4.78, 5) is 17.4. The van der Waals surface area contributed by atoms with Crippen LogP contribution in [0.5, 0.6) is 0 Å². The minimum Gasteiger partial charge on any atom is -0.379 e. The molecule has 0 spiro atoms. The number of halogens is 1. The largest absolute Gasteiger partial charge is 0.379 e. The number of rotatable bonds is 8. The normalized spacial score (nSPS) is 16.1. The Morgan fingerprint density at radius 1 is 1.14 bits per heavy atom. The van der Waals surface area contributed by atoms with Crippen molar-refractivity contribution in [1.29, 1.82) is 0 Å². The first kappa shape index (κ1) is 21.0. The molecule has 0 aromatic heterocycles. The predicted octanol–water partition coefficient (Wildman–Crippen LogP) is 3.61. The summed E-state index contributed by atoms with van der Waals surface area (Å²) in [7, 11) is 0. The lowest BCUT2D eigenvalue weighted by Gasteiger charge is -2.34. The molecular formula is C22H28BrN3O2. The monoisotopic (exact) mass is 445 g/mol. The van der Waals surface area contributed by atoms with E-state index in [4.69, 9.17) is 4.74 Å². The van der Waals surface area contributed by atoms with E-state index in [0.29, 0.717) is 6.54 Å². The lowest BCUT2D eigenvalue weighted by atomic mass is 10.1. The van der Waals surface area contributed by atoms with Crippen LogP contribution in [0.25, 0.3) is 0 Å². The summed E-state index contributed by atoms with van der Waals surface area (Å²) in [6, 6.07) is 18.3. The van der Waals surface area contributed by atoms with Crippen molar-refractivity contribution in [1.82, 2.24) is 9.80 Å². The molecule has 2 aromatic carbocycles. The Balaban J connectivity index is 1.65. The quantitative estimate of drug-likeness (QED) is 0.673. The van der Waals surface area contributed by atoms with Crippen molar-refractivity contribution in [2.75, 3.05) is 44.7 Å². The molecule has 0 saturated carbocycles. The van der Waals surface area contributed by atoms with Crippen LogP contribution in [0.2, 0.25) is 0 Å². The summed E-state index contributed by atoms with van der Waals surface area (Å²) < 4.78 is 6.34. The average Bonchev–Trinajstić information content (AvgIpc) is 2.71. The fourth-order valence-corrected chi connectivity index (χ4v) is 3.78. The zero-order valence-corrected chi connectivity index (χ0v) is 17.9. The first-order chi connectivity index (χ1) is 13.6. The van der Waals surface area contributed by atoms with E-state index in [1.54, 1.807) is 0 Å². The van der Waals surface area contributed by atoms with Crippen LogP contribution in [0.15, 0.2) is 59.1 Å². The number of nitrogens with one attached hydrogen (secondary N) is 1. The van der Waals surface area contributed by atoms with Crippen molar-refractivity contribution in [2.24, 2.45) is 0 Å². The predicted molar refractivity (Wildman–Crippen MR) is 116 cm³/mol. The van der Waals surface area contributed by atoms with Crippen molar-refractivity contribution in [3.8, 4) is 0 Å². The number of hydrogen-bond donors (Lipinski definition) is 1. The van der Waals surface area contributed by atoms with Gasteiger partial charge in [0.1, 0.15) is 0 Å². The molecule has 2 aromatic rings. The van der Waals surface area contributed by atoms with Gasteiger partial charge in [-0.1, -0.05) is 42.5 Å². The number of benzene rings is 2. The third kappa shape index (κ3) is 6.41. The van der Waals surface area contributed by atoms with Crippen molar-refractivity contribution in [3.05, 3.63) is 64.6 Å². The van der Waals surface area contributed by atoms with E-state index in [9.17, 15) is 4.79 Å². The Kier molecular flexibility index (Phi) is 8.03. The molecule has 150 valence electrons. The van der Waals surface area contributed by atoms with Crippen LogP contribution < -0.4 is 5.32 Å². The van der Waals surface area contributed by atoms with Gasteiger partial charge in [0.25, 0.3) is 0 Å². The smallest absolute Gasteiger partial charge is 0.238 e. The lowest BCUT2D eigenvalue weighted by molar-refractivity contribution is -0.118. The van der Waals surface area contributed by atoms with E-state index in [1.165, 1.54) is 5.56 Å². The molecule has 1 saturated heterocycles. The Hall–Kier alpha value is -1.73. The highest BCUT2D eigenvalue weighted by Gasteiger charge is 2.21. The van der Waals surface area contributed by atoms with Crippen molar-refractivity contribution in [3.63, 3.8) is 0 Å². The Labute approximate surface area is 175 Å². The summed E-state index contributed by atoms with van der Waals surface area (Å²) in [6.07, 6.45) is 0. The number of hydrogen-bond acceptors (Lipinski definition) is 4. The van der Waals surface area contributed by atoms with E-state index in [2.05, 4.69) is 50.1 Å². The fraction of sp³-hybridized carbons (Fsp3) is 0.409. The summed E-state index contributed by atoms with van der Waals surface area (Å²) in [5.41, 5.74) is 2.01. The van der Waals surface area contributed by atoms with E-state index in [-0.39, 0.29) is 11.9 Å². The second-order valence-corrected chi connectivity index (χ2v) is 8.03. The summed E-state index contributed by atoms with van der Waals surface area (Å²) in [6.45, 7) is 7.70. The van der Waals surface area contributed by atoms with Gasteiger partial charge in [0, 0.05) is 36.7 Å². The van der Waals surface area contributed by atoms with Gasteiger partial charge < -0.3 is 10.1 Å². The molecule has 1 heterocycles. The standard InChI is InChI=1S/C22H28BrN3O2/c1-18(15-25-11-13-28-14-12-25)26(16-19-7-3-2-4-8-19)17-22(27)24-21-10-6-5-9-20(21)23/h2-10,18H,11-17H2,1H3,(H,24,27). The summed E-state index contributed by atoms with van der Waals surface area (Å²) in [5, 5.41) is 3.02. The van der Waals surface area contributed by atoms with Gasteiger partial charge >= 0.3 is 0 Å². The van der Waals surface area contributed by atoms with E-state index in [1.807, 2.05) is 42.5 Å². The molecular weight excluding hydrogens is 418 g/mol. The number of carbonyl (C=O) groups is 1. The molecule has 1 amide bonds. The molecule has 6 heteroatoms. The third-order valence-electron chi connectivity index (χ3n) is 4.97. The topological polar surface area (TPSA) is 44.8 Å². The highest BCUT2D eigenvalue weighted by Crippen LogP contribution is 2.21. The van der Waals surface area contributed by atoms with Crippen molar-refractivity contribution < 1.29 is 9.53 Å². The molecule has 0 radical (unpaired) electrons. The minimum atomic E-state index is -0.00309. The summed E-state index contributed by atoms with van der Waals surface area (Å²) >= 11 is 3.49. The molecule has 0 bridgehead atoms. The van der Waals surface area contributed by atoms with Crippen LogP contribution in [0.1, 0.15) is 12.5 Å². The van der Waals surface area contributed by atoms with E-state index >= 15 is 0 Å².